The van der Waals surface area contributed by atoms with Gasteiger partial charge in [0.05, 0.1) is 10.9 Å². The molecule has 39 heavy (non-hydrogen) atoms. The van der Waals surface area contributed by atoms with Crippen molar-refractivity contribution in [2.75, 3.05) is 29.4 Å². The van der Waals surface area contributed by atoms with Crippen LogP contribution in [0.15, 0.2) is 91.4 Å². The molecule has 0 N–H and O–H groups in total. The maximum atomic E-state index is 13.5. The fourth-order valence-corrected chi connectivity index (χ4v) is 5.42. The number of halogens is 3. The summed E-state index contributed by atoms with van der Waals surface area (Å²) in [6.45, 7) is 6.62. The summed E-state index contributed by atoms with van der Waals surface area (Å²) in [4.78, 5) is 14.0. The van der Waals surface area contributed by atoms with Gasteiger partial charge in [-0.25, -0.2) is 9.97 Å². The summed E-state index contributed by atoms with van der Waals surface area (Å²) >= 11 is 0. The molecule has 0 bridgehead atoms. The van der Waals surface area contributed by atoms with Gasteiger partial charge in [-0.05, 0) is 49.7 Å². The van der Waals surface area contributed by atoms with Gasteiger partial charge in [0.15, 0.2) is 5.65 Å². The van der Waals surface area contributed by atoms with Gasteiger partial charge in [0.25, 0.3) is 0 Å². The van der Waals surface area contributed by atoms with E-state index in [-0.39, 0.29) is 6.04 Å². The number of aromatic nitrogens is 3. The van der Waals surface area contributed by atoms with E-state index in [1.165, 1.54) is 29.7 Å². The zero-order valence-corrected chi connectivity index (χ0v) is 21.7. The van der Waals surface area contributed by atoms with Gasteiger partial charge in [-0.2, -0.15) is 13.2 Å². The monoisotopic (exact) mass is 527 g/mol. The first-order valence-electron chi connectivity index (χ1n) is 13.0. The number of alkyl halides is 3. The smallest absolute Gasteiger partial charge is 0.365 e. The lowest BCUT2D eigenvalue weighted by Gasteiger charge is -2.42. The van der Waals surface area contributed by atoms with E-state index in [4.69, 9.17) is 4.98 Å². The highest BCUT2D eigenvalue weighted by atomic mass is 19.4. The van der Waals surface area contributed by atoms with Gasteiger partial charge >= 0.3 is 6.18 Å². The van der Waals surface area contributed by atoms with Crippen molar-refractivity contribution in [1.82, 2.24) is 14.5 Å². The van der Waals surface area contributed by atoms with E-state index in [2.05, 4.69) is 52.9 Å². The number of hydrogen-bond donors (Lipinski definition) is 0. The highest BCUT2D eigenvalue weighted by molar-refractivity contribution is 6.02. The Balaban J connectivity index is 1.45. The largest absolute Gasteiger partial charge is 0.416 e. The molecule has 3 heterocycles. The van der Waals surface area contributed by atoms with Gasteiger partial charge in [0, 0.05) is 48.8 Å². The molecule has 0 aliphatic carbocycles. The topological polar surface area (TPSA) is 37.2 Å². The molecule has 0 amide bonds. The predicted octanol–water partition coefficient (Wildman–Crippen LogP) is 7.13. The fourth-order valence-electron chi connectivity index (χ4n) is 5.42. The van der Waals surface area contributed by atoms with Crippen LogP contribution in [0.2, 0.25) is 0 Å². The minimum atomic E-state index is -4.44. The van der Waals surface area contributed by atoms with Crippen molar-refractivity contribution >= 4 is 22.5 Å². The molecule has 0 unspecified atom stereocenters. The molecule has 2 aromatic heterocycles. The number of fused-ring (bicyclic) bond motifs is 1. The van der Waals surface area contributed by atoms with Crippen LogP contribution in [0.1, 0.15) is 18.1 Å². The second-order valence-corrected chi connectivity index (χ2v) is 10.0. The third-order valence-corrected chi connectivity index (χ3v) is 7.39. The van der Waals surface area contributed by atoms with Gasteiger partial charge < -0.3 is 14.4 Å². The maximum Gasteiger partial charge on any atom is 0.416 e. The van der Waals surface area contributed by atoms with Crippen molar-refractivity contribution < 1.29 is 13.2 Å². The fraction of sp³-hybridized carbons (Fsp3) is 0.226. The van der Waals surface area contributed by atoms with E-state index in [1.54, 1.807) is 10.6 Å². The lowest BCUT2D eigenvalue weighted by molar-refractivity contribution is -0.137. The number of hydrogen-bond acceptors (Lipinski definition) is 4. The molecule has 1 atom stereocenters. The third kappa shape index (κ3) is 4.71. The molecule has 0 spiro atoms. The lowest BCUT2D eigenvalue weighted by atomic mass is 10.1. The van der Waals surface area contributed by atoms with Crippen molar-refractivity contribution in [3.8, 4) is 16.8 Å². The molecule has 6 rings (SSSR count). The number of benzene rings is 3. The first kappa shape index (κ1) is 25.0. The molecule has 1 fully saturated rings. The van der Waals surface area contributed by atoms with Crippen molar-refractivity contribution in [3.05, 3.63) is 103 Å². The number of piperazine rings is 1. The van der Waals surface area contributed by atoms with E-state index < -0.39 is 11.7 Å². The van der Waals surface area contributed by atoms with Gasteiger partial charge in [0.2, 0.25) is 0 Å². The normalized spacial score (nSPS) is 16.2. The van der Waals surface area contributed by atoms with Crippen molar-refractivity contribution in [2.24, 2.45) is 0 Å². The summed E-state index contributed by atoms with van der Waals surface area (Å²) in [7, 11) is 0. The third-order valence-electron chi connectivity index (χ3n) is 7.39. The van der Waals surface area contributed by atoms with Gasteiger partial charge in [-0.3, -0.25) is 0 Å². The van der Waals surface area contributed by atoms with Crippen molar-refractivity contribution in [1.29, 1.82) is 0 Å². The van der Waals surface area contributed by atoms with Crippen LogP contribution in [-0.2, 0) is 6.18 Å². The van der Waals surface area contributed by atoms with E-state index in [9.17, 15) is 13.2 Å². The van der Waals surface area contributed by atoms with E-state index in [1.807, 2.05) is 36.5 Å². The number of anilines is 2. The molecule has 3 aromatic carbocycles. The second-order valence-electron chi connectivity index (χ2n) is 10.0. The Labute approximate surface area is 225 Å². The quantitative estimate of drug-likeness (QED) is 0.249. The molecule has 198 valence electrons. The Morgan fingerprint density at radius 2 is 1.62 bits per heavy atom. The lowest BCUT2D eigenvalue weighted by Crippen LogP contribution is -2.52. The van der Waals surface area contributed by atoms with Crippen LogP contribution in [-0.4, -0.2) is 40.2 Å². The summed E-state index contributed by atoms with van der Waals surface area (Å²) < 4.78 is 42.4. The number of nitrogens with zero attached hydrogens (tertiary/aromatic N) is 5. The van der Waals surface area contributed by atoms with E-state index >= 15 is 0 Å². The molecule has 0 radical (unpaired) electrons. The van der Waals surface area contributed by atoms with Crippen LogP contribution in [0.3, 0.4) is 0 Å². The summed E-state index contributed by atoms with van der Waals surface area (Å²) in [6.07, 6.45) is -1.05. The molecule has 8 heteroatoms. The minimum Gasteiger partial charge on any atom is -0.365 e. The Kier molecular flexibility index (Phi) is 6.25. The summed E-state index contributed by atoms with van der Waals surface area (Å²) in [5.74, 6) is 0.792. The molecule has 0 saturated carbocycles. The molecule has 5 nitrogen and oxygen atoms in total. The van der Waals surface area contributed by atoms with E-state index in [0.29, 0.717) is 11.3 Å². The summed E-state index contributed by atoms with van der Waals surface area (Å²) in [6, 6.07) is 24.0. The highest BCUT2D eigenvalue weighted by Gasteiger charge is 2.31. The van der Waals surface area contributed by atoms with Crippen LogP contribution in [0.5, 0.6) is 0 Å². The molecular weight excluding hydrogens is 499 g/mol. The molecule has 1 aliphatic rings. The predicted molar refractivity (Wildman–Crippen MR) is 150 cm³/mol. The van der Waals surface area contributed by atoms with Crippen molar-refractivity contribution in [2.45, 2.75) is 26.1 Å². The standard InChI is InChI=1S/C31H28F3N5/c1-21-11-13-25(14-12-21)38-16-15-37(18-22(38)2)29-28-27(23-7-4-3-5-8-23)19-39(30(28)36-20-35-29)26-10-6-9-24(17-26)31(32,33)34/h3-14,17,19-20,22H,15-16,18H2,1-2H3/t22-/m1/s1. The average molecular weight is 528 g/mol. The second kappa shape index (κ2) is 9.76. The summed E-state index contributed by atoms with van der Waals surface area (Å²) in [5.41, 5.74) is 4.54. The zero-order chi connectivity index (χ0) is 27.1. The van der Waals surface area contributed by atoms with Gasteiger partial charge in [-0.15, -0.1) is 0 Å². The Morgan fingerprint density at radius 1 is 0.846 bits per heavy atom. The first-order chi connectivity index (χ1) is 18.8. The molecule has 5 aromatic rings. The Hall–Kier alpha value is -4.33. The minimum absolute atomic E-state index is 0.234. The van der Waals surface area contributed by atoms with Crippen LogP contribution >= 0.6 is 0 Å². The van der Waals surface area contributed by atoms with Crippen LogP contribution in [0.25, 0.3) is 27.8 Å². The van der Waals surface area contributed by atoms with Crippen molar-refractivity contribution in [3.63, 3.8) is 0 Å². The highest BCUT2D eigenvalue weighted by Crippen LogP contribution is 2.38. The molecule has 1 saturated heterocycles. The molecule has 1 aliphatic heterocycles. The van der Waals surface area contributed by atoms with Gasteiger partial charge in [0.1, 0.15) is 12.1 Å². The SMILES string of the molecule is Cc1ccc(N2CCN(c3ncnc4c3c(-c3ccccc3)cn4-c3cccc(C(F)(F)F)c3)C[C@H]2C)cc1. The number of aryl methyl sites for hydroxylation is 1. The van der Waals surface area contributed by atoms with Crippen LogP contribution in [0.4, 0.5) is 24.7 Å². The number of rotatable bonds is 4. The Bertz CT molecular complexity index is 1610. The molecular formula is C31H28F3N5. The van der Waals surface area contributed by atoms with Crippen LogP contribution < -0.4 is 9.80 Å². The first-order valence-corrected chi connectivity index (χ1v) is 13.0. The van der Waals surface area contributed by atoms with Gasteiger partial charge in [-0.1, -0.05) is 54.1 Å². The van der Waals surface area contributed by atoms with Crippen LogP contribution in [0, 0.1) is 6.92 Å². The Morgan fingerprint density at radius 3 is 2.33 bits per heavy atom. The van der Waals surface area contributed by atoms with E-state index in [0.717, 1.165) is 48.0 Å². The zero-order valence-electron chi connectivity index (χ0n) is 21.7. The average Bonchev–Trinajstić information content (AvgIpc) is 3.34. The summed E-state index contributed by atoms with van der Waals surface area (Å²) in [5, 5.41) is 0.831. The maximum absolute atomic E-state index is 13.5.